The van der Waals surface area contributed by atoms with Gasteiger partial charge in [0.2, 0.25) is 5.91 Å². The molecular weight excluding hydrogens is 514 g/mol. The lowest BCUT2D eigenvalue weighted by Gasteiger charge is -2.39. The lowest BCUT2D eigenvalue weighted by Crippen LogP contribution is -2.50. The van der Waals surface area contributed by atoms with Crippen molar-refractivity contribution in [2.45, 2.75) is 109 Å². The van der Waals surface area contributed by atoms with E-state index in [0.717, 1.165) is 12.0 Å². The molecule has 38 heavy (non-hydrogen) atoms. The van der Waals surface area contributed by atoms with Gasteiger partial charge in [0.1, 0.15) is 6.10 Å². The van der Waals surface area contributed by atoms with Crippen molar-refractivity contribution in [1.29, 1.82) is 0 Å². The molecule has 2 aliphatic rings. The van der Waals surface area contributed by atoms with E-state index < -0.39 is 35.9 Å². The molecule has 0 radical (unpaired) electrons. The molecule has 0 aromatic rings. The van der Waals surface area contributed by atoms with Crippen LogP contribution in [0.4, 0.5) is 0 Å². The van der Waals surface area contributed by atoms with E-state index in [4.69, 9.17) is 30.9 Å². The van der Waals surface area contributed by atoms with Crippen LogP contribution in [0.25, 0.3) is 0 Å². The first-order valence-corrected chi connectivity index (χ1v) is 13.7. The van der Waals surface area contributed by atoms with Crippen LogP contribution < -0.4 is 5.32 Å². The van der Waals surface area contributed by atoms with E-state index in [2.05, 4.69) is 18.3 Å². The molecule has 0 saturated carbocycles. The minimum Gasteiger partial charge on any atom is -0.481 e. The minimum atomic E-state index is -1.16. The van der Waals surface area contributed by atoms with Gasteiger partial charge in [-0.2, -0.15) is 0 Å². The molecule has 0 aromatic carbocycles. The molecule has 1 amide bonds. The Bertz CT molecular complexity index is 919. The number of esters is 1. The van der Waals surface area contributed by atoms with Crippen LogP contribution in [0.5, 0.6) is 0 Å². The fourth-order valence-corrected chi connectivity index (χ4v) is 5.08. The predicted octanol–water partition coefficient (Wildman–Crippen LogP) is 3.68. The third-order valence-electron chi connectivity index (χ3n) is 6.87. The van der Waals surface area contributed by atoms with Crippen LogP contribution in [0.3, 0.4) is 0 Å². The average molecular weight is 556 g/mol. The van der Waals surface area contributed by atoms with Crippen LogP contribution in [-0.2, 0) is 28.6 Å². The summed E-state index contributed by atoms with van der Waals surface area (Å²) in [7, 11) is 0. The molecule has 2 saturated heterocycles. The van der Waals surface area contributed by atoms with Crippen molar-refractivity contribution in [3.05, 3.63) is 36.0 Å². The number of carbonyl (C=O) groups excluding carboxylic acids is 2. The number of ether oxygens (including phenoxy) is 3. The number of alkyl halides is 1. The van der Waals surface area contributed by atoms with Gasteiger partial charge in [-0.3, -0.25) is 14.4 Å². The molecule has 8 atom stereocenters. The molecule has 2 rings (SSSR count). The minimum absolute atomic E-state index is 0.00625. The van der Waals surface area contributed by atoms with Crippen LogP contribution in [0, 0.1) is 5.92 Å². The van der Waals surface area contributed by atoms with Gasteiger partial charge in [0.25, 0.3) is 0 Å². The molecule has 0 aliphatic carbocycles. The Kier molecular flexibility index (Phi) is 12.5. The number of allylic oxidation sites excluding steroid dienone is 2. The second kappa shape index (κ2) is 14.8. The lowest BCUT2D eigenvalue weighted by atomic mass is 9.87. The molecule has 10 heteroatoms. The van der Waals surface area contributed by atoms with Gasteiger partial charge in [-0.15, -0.1) is 11.6 Å². The van der Waals surface area contributed by atoms with Crippen LogP contribution in [-0.4, -0.2) is 76.1 Å². The maximum atomic E-state index is 12.3. The smallest absolute Gasteiger partial charge is 0.305 e. The fraction of sp³-hybridized carbons (Fsp3) is 0.679. The average Bonchev–Trinajstić information content (AvgIpc) is 2.81. The Balaban J connectivity index is 1.88. The normalized spacial score (nSPS) is 33.3. The number of aliphatic carboxylic acids is 1. The van der Waals surface area contributed by atoms with E-state index in [9.17, 15) is 19.5 Å². The molecule has 2 heterocycles. The number of hydrogen-bond donors (Lipinski definition) is 3. The highest BCUT2D eigenvalue weighted by Crippen LogP contribution is 2.32. The van der Waals surface area contributed by atoms with E-state index in [-0.39, 0.29) is 48.8 Å². The first-order chi connectivity index (χ1) is 17.8. The van der Waals surface area contributed by atoms with Gasteiger partial charge in [-0.25, -0.2) is 0 Å². The number of amides is 1. The summed E-state index contributed by atoms with van der Waals surface area (Å²) in [4.78, 5) is 34.4. The zero-order chi connectivity index (χ0) is 28.5. The number of hydrogen-bond acceptors (Lipinski definition) is 7. The Morgan fingerprint density at radius 1 is 1.18 bits per heavy atom. The van der Waals surface area contributed by atoms with Crippen molar-refractivity contribution < 1.29 is 38.8 Å². The maximum Gasteiger partial charge on any atom is 0.305 e. The summed E-state index contributed by atoms with van der Waals surface area (Å²) in [5, 5.41) is 22.8. The quantitative estimate of drug-likeness (QED) is 0.152. The number of nitrogens with one attached hydrogen (secondary N) is 1. The van der Waals surface area contributed by atoms with Gasteiger partial charge in [0.05, 0.1) is 48.4 Å². The summed E-state index contributed by atoms with van der Waals surface area (Å²) in [6.45, 7) is 9.01. The summed E-state index contributed by atoms with van der Waals surface area (Å²) in [6, 6.07) is -0.129. The highest BCUT2D eigenvalue weighted by atomic mass is 35.5. The molecule has 0 bridgehead atoms. The van der Waals surface area contributed by atoms with Crippen molar-refractivity contribution in [2.24, 2.45) is 5.92 Å². The van der Waals surface area contributed by atoms with Gasteiger partial charge < -0.3 is 29.7 Å². The molecule has 2 fully saturated rings. The SMILES string of the molecule is CC(=O)O[C@@H](C)C=CC(=O)N[C@@H]1C[C@H](C)[C@H](CC=C(C)C=C[C@H]2C[C@](O)(CCl)C[C@H](CC(=O)O)O2)O[C@@H]1C. The summed E-state index contributed by atoms with van der Waals surface area (Å²) in [6.07, 6.45) is 8.85. The van der Waals surface area contributed by atoms with Gasteiger partial charge in [0.15, 0.2) is 0 Å². The number of carboxylic acid groups (broad SMARTS) is 1. The van der Waals surface area contributed by atoms with Crippen LogP contribution in [0.1, 0.15) is 66.7 Å². The van der Waals surface area contributed by atoms with Crippen molar-refractivity contribution in [3.63, 3.8) is 0 Å². The van der Waals surface area contributed by atoms with Crippen LogP contribution in [0.15, 0.2) is 36.0 Å². The Morgan fingerprint density at radius 3 is 2.53 bits per heavy atom. The standard InChI is InChI=1S/C28H42ClNO8/c1-17(6-9-22-14-28(35,16-29)15-23(38-22)13-27(33)34)7-10-25-18(2)12-24(20(4)37-25)30-26(32)11-8-19(3)36-21(5)31/h6-9,11,18-20,22-25,35H,10,12-16H2,1-5H3,(H,30,32)(H,33,34)/t18-,19-,20+,22-,23-,24+,25-,28+/m0/s1. The van der Waals surface area contributed by atoms with Crippen LogP contribution in [0.2, 0.25) is 0 Å². The van der Waals surface area contributed by atoms with Gasteiger partial charge in [0, 0.05) is 25.8 Å². The van der Waals surface area contributed by atoms with Gasteiger partial charge in [-0.1, -0.05) is 30.7 Å². The second-order valence-electron chi connectivity index (χ2n) is 10.6. The third kappa shape index (κ3) is 10.9. The van der Waals surface area contributed by atoms with Crippen molar-refractivity contribution in [3.8, 4) is 0 Å². The van der Waals surface area contributed by atoms with Crippen molar-refractivity contribution >= 4 is 29.4 Å². The van der Waals surface area contributed by atoms with Gasteiger partial charge in [-0.05, 0) is 45.6 Å². The van der Waals surface area contributed by atoms with Crippen molar-refractivity contribution in [2.75, 3.05) is 5.88 Å². The Labute approximate surface area is 230 Å². The van der Waals surface area contributed by atoms with Gasteiger partial charge >= 0.3 is 11.9 Å². The molecule has 2 aliphatic heterocycles. The molecule has 214 valence electrons. The van der Waals surface area contributed by atoms with E-state index in [1.54, 1.807) is 13.0 Å². The third-order valence-corrected chi connectivity index (χ3v) is 7.37. The van der Waals surface area contributed by atoms with Crippen LogP contribution >= 0.6 is 11.6 Å². The number of halogens is 1. The molecule has 0 aromatic heterocycles. The van der Waals surface area contributed by atoms with E-state index in [1.165, 1.54) is 13.0 Å². The summed E-state index contributed by atoms with van der Waals surface area (Å²) in [5.41, 5.74) is -0.162. The maximum absolute atomic E-state index is 12.3. The lowest BCUT2D eigenvalue weighted by molar-refractivity contribution is -0.150. The monoisotopic (exact) mass is 555 g/mol. The largest absolute Gasteiger partial charge is 0.481 e. The van der Waals surface area contributed by atoms with E-state index in [0.29, 0.717) is 12.8 Å². The second-order valence-corrected chi connectivity index (χ2v) is 10.9. The number of carbonyl (C=O) groups is 3. The Hall–Kier alpha value is -2.20. The summed E-state index contributed by atoms with van der Waals surface area (Å²) < 4.78 is 17.1. The zero-order valence-corrected chi connectivity index (χ0v) is 23.6. The summed E-state index contributed by atoms with van der Waals surface area (Å²) >= 11 is 5.95. The highest BCUT2D eigenvalue weighted by Gasteiger charge is 2.39. The summed E-state index contributed by atoms with van der Waals surface area (Å²) in [5.74, 6) is -1.40. The number of carboxylic acids is 1. The first kappa shape index (κ1) is 32.0. The molecule has 9 nitrogen and oxygen atoms in total. The first-order valence-electron chi connectivity index (χ1n) is 13.1. The predicted molar refractivity (Wildman–Crippen MR) is 144 cm³/mol. The Morgan fingerprint density at radius 2 is 1.89 bits per heavy atom. The van der Waals surface area contributed by atoms with Crippen molar-refractivity contribution in [1.82, 2.24) is 5.32 Å². The molecule has 0 unspecified atom stereocenters. The molecule has 0 spiro atoms. The number of aliphatic hydroxyl groups is 1. The number of rotatable bonds is 11. The fourth-order valence-electron chi connectivity index (χ4n) is 4.86. The van der Waals surface area contributed by atoms with E-state index in [1.807, 2.05) is 26.0 Å². The van der Waals surface area contributed by atoms with E-state index >= 15 is 0 Å². The zero-order valence-electron chi connectivity index (χ0n) is 22.9. The molecule has 3 N–H and O–H groups in total. The highest BCUT2D eigenvalue weighted by molar-refractivity contribution is 6.18. The topological polar surface area (TPSA) is 131 Å². The molecular formula is C28H42ClNO8.